The molecule has 3 saturated heterocycles. The number of piperidine rings is 1. The molecule has 2 bridgehead atoms. The summed E-state index contributed by atoms with van der Waals surface area (Å²) in [5.41, 5.74) is -0.169. The molecule has 0 aromatic heterocycles. The van der Waals surface area contributed by atoms with Crippen molar-refractivity contribution < 1.29 is 19.0 Å². The molecule has 1 spiro atoms. The van der Waals surface area contributed by atoms with Crippen LogP contribution in [-0.4, -0.2) is 53.1 Å². The lowest BCUT2D eigenvalue weighted by Gasteiger charge is -2.55. The SMILES string of the molecule is CCCC[C@@]12CC[C@@H](CC3(OCCO3)[C@@H]1CI)N2C(=O)OC. The van der Waals surface area contributed by atoms with Gasteiger partial charge in [0.25, 0.3) is 0 Å². The Morgan fingerprint density at radius 3 is 2.73 bits per heavy atom. The van der Waals surface area contributed by atoms with Crippen LogP contribution in [0.3, 0.4) is 0 Å². The molecule has 126 valence electrons. The number of nitrogens with zero attached hydrogens (tertiary/aromatic N) is 1. The monoisotopic (exact) mass is 423 g/mol. The van der Waals surface area contributed by atoms with E-state index in [0.29, 0.717) is 13.2 Å². The first-order chi connectivity index (χ1) is 10.6. The Morgan fingerprint density at radius 2 is 2.14 bits per heavy atom. The maximum absolute atomic E-state index is 12.5. The highest BCUT2D eigenvalue weighted by Gasteiger charge is 2.66. The van der Waals surface area contributed by atoms with Crippen LogP contribution in [0.2, 0.25) is 0 Å². The Balaban J connectivity index is 2.00. The normalized spacial score (nSPS) is 36.0. The van der Waals surface area contributed by atoms with Crippen molar-refractivity contribution in [3.63, 3.8) is 0 Å². The molecule has 0 saturated carbocycles. The van der Waals surface area contributed by atoms with Gasteiger partial charge in [-0.25, -0.2) is 4.79 Å². The second kappa shape index (κ2) is 6.43. The van der Waals surface area contributed by atoms with Gasteiger partial charge in [0.05, 0.1) is 25.9 Å². The standard InChI is InChI=1S/C16H26INO4/c1-3-4-6-15-7-5-12(18(15)14(19)20-2)10-16(13(15)11-17)21-8-9-22-16/h12-13H,3-11H2,1-2H3/t12-,13+,15+/m0/s1. The van der Waals surface area contributed by atoms with Crippen LogP contribution in [0.4, 0.5) is 4.79 Å². The summed E-state index contributed by atoms with van der Waals surface area (Å²) in [6, 6.07) is 0.182. The minimum absolute atomic E-state index is 0.169. The summed E-state index contributed by atoms with van der Waals surface area (Å²) in [6.45, 7) is 3.54. The Morgan fingerprint density at radius 1 is 1.41 bits per heavy atom. The van der Waals surface area contributed by atoms with Crippen molar-refractivity contribution in [3.05, 3.63) is 0 Å². The number of alkyl halides is 1. The van der Waals surface area contributed by atoms with Crippen LogP contribution in [0, 0.1) is 5.92 Å². The Kier molecular flexibility index (Phi) is 4.90. The molecule has 0 aromatic carbocycles. The number of carbonyl (C=O) groups excluding carboxylic acids is 1. The zero-order valence-electron chi connectivity index (χ0n) is 13.5. The van der Waals surface area contributed by atoms with Crippen LogP contribution < -0.4 is 0 Å². The van der Waals surface area contributed by atoms with Gasteiger partial charge in [-0.05, 0) is 19.3 Å². The molecule has 5 nitrogen and oxygen atoms in total. The lowest BCUT2D eigenvalue weighted by atomic mass is 9.72. The molecule has 0 aromatic rings. The molecule has 6 heteroatoms. The van der Waals surface area contributed by atoms with E-state index in [1.54, 1.807) is 0 Å². The van der Waals surface area contributed by atoms with Gasteiger partial charge >= 0.3 is 6.09 Å². The van der Waals surface area contributed by atoms with E-state index in [1.807, 2.05) is 4.90 Å². The fraction of sp³-hybridized carbons (Fsp3) is 0.938. The summed E-state index contributed by atoms with van der Waals surface area (Å²) in [5.74, 6) is -0.270. The molecular weight excluding hydrogens is 397 g/mol. The van der Waals surface area contributed by atoms with Gasteiger partial charge in [0.15, 0.2) is 5.79 Å². The van der Waals surface area contributed by atoms with Gasteiger partial charge in [-0.15, -0.1) is 0 Å². The number of hydrogen-bond donors (Lipinski definition) is 0. The van der Waals surface area contributed by atoms with E-state index in [-0.39, 0.29) is 23.6 Å². The second-order valence-electron chi connectivity index (χ2n) is 6.66. The van der Waals surface area contributed by atoms with Gasteiger partial charge in [0.1, 0.15) is 0 Å². The summed E-state index contributed by atoms with van der Waals surface area (Å²) in [5, 5.41) is 0. The predicted molar refractivity (Wildman–Crippen MR) is 91.2 cm³/mol. The number of hydrogen-bond acceptors (Lipinski definition) is 4. The van der Waals surface area contributed by atoms with Crippen molar-refractivity contribution >= 4 is 28.7 Å². The second-order valence-corrected chi connectivity index (χ2v) is 7.54. The zero-order valence-corrected chi connectivity index (χ0v) is 15.6. The third-order valence-electron chi connectivity index (χ3n) is 5.72. The quantitative estimate of drug-likeness (QED) is 0.514. The molecule has 3 rings (SSSR count). The topological polar surface area (TPSA) is 48.0 Å². The first-order valence-corrected chi connectivity index (χ1v) is 9.87. The van der Waals surface area contributed by atoms with Crippen LogP contribution in [0.5, 0.6) is 0 Å². The number of amides is 1. The highest BCUT2D eigenvalue weighted by atomic mass is 127. The lowest BCUT2D eigenvalue weighted by Crippen LogP contribution is -2.67. The Hall–Kier alpha value is -0.0800. The van der Waals surface area contributed by atoms with Gasteiger partial charge in [0, 0.05) is 22.8 Å². The van der Waals surface area contributed by atoms with Gasteiger partial charge < -0.3 is 14.2 Å². The summed E-state index contributed by atoms with van der Waals surface area (Å²) in [7, 11) is 1.49. The van der Waals surface area contributed by atoms with Gasteiger partial charge in [-0.1, -0.05) is 42.4 Å². The van der Waals surface area contributed by atoms with E-state index in [4.69, 9.17) is 14.2 Å². The average molecular weight is 423 g/mol. The molecule has 0 aliphatic carbocycles. The maximum Gasteiger partial charge on any atom is 0.410 e. The van der Waals surface area contributed by atoms with Crippen molar-refractivity contribution in [3.8, 4) is 0 Å². The summed E-state index contributed by atoms with van der Waals surface area (Å²) in [6.07, 6.45) is 5.92. The van der Waals surface area contributed by atoms with Gasteiger partial charge in [-0.3, -0.25) is 4.90 Å². The van der Waals surface area contributed by atoms with Gasteiger partial charge in [-0.2, -0.15) is 0 Å². The van der Waals surface area contributed by atoms with E-state index < -0.39 is 5.79 Å². The van der Waals surface area contributed by atoms with E-state index in [1.165, 1.54) is 7.11 Å². The van der Waals surface area contributed by atoms with Crippen molar-refractivity contribution in [2.75, 3.05) is 24.8 Å². The predicted octanol–water partition coefficient (Wildman–Crippen LogP) is 3.34. The van der Waals surface area contributed by atoms with Gasteiger partial charge in [0.2, 0.25) is 0 Å². The third kappa shape index (κ3) is 2.36. The van der Waals surface area contributed by atoms with E-state index in [9.17, 15) is 4.79 Å². The Labute approximate surface area is 146 Å². The highest BCUT2D eigenvalue weighted by Crippen LogP contribution is 2.57. The third-order valence-corrected chi connectivity index (χ3v) is 6.60. The smallest absolute Gasteiger partial charge is 0.410 e. The lowest BCUT2D eigenvalue weighted by molar-refractivity contribution is -0.245. The average Bonchev–Trinajstić information content (AvgIpc) is 3.09. The number of rotatable bonds is 4. The number of methoxy groups -OCH3 is 1. The number of unbranched alkanes of at least 4 members (excludes halogenated alkanes) is 1. The fourth-order valence-electron chi connectivity index (χ4n) is 4.83. The molecule has 0 unspecified atom stereocenters. The number of halogens is 1. The summed E-state index contributed by atoms with van der Waals surface area (Å²) < 4.78 is 18.3. The van der Waals surface area contributed by atoms with Crippen molar-refractivity contribution in [2.45, 2.75) is 62.8 Å². The molecule has 0 radical (unpaired) electrons. The minimum Gasteiger partial charge on any atom is -0.453 e. The van der Waals surface area contributed by atoms with E-state index in [2.05, 4.69) is 29.5 Å². The van der Waals surface area contributed by atoms with E-state index in [0.717, 1.165) is 43.0 Å². The number of ether oxygens (including phenoxy) is 3. The largest absolute Gasteiger partial charge is 0.453 e. The summed E-state index contributed by atoms with van der Waals surface area (Å²) >= 11 is 2.43. The molecule has 1 amide bonds. The zero-order chi connectivity index (χ0) is 15.8. The summed E-state index contributed by atoms with van der Waals surface area (Å²) in [4.78, 5) is 14.5. The van der Waals surface area contributed by atoms with Crippen LogP contribution >= 0.6 is 22.6 Å². The number of carbonyl (C=O) groups is 1. The van der Waals surface area contributed by atoms with Crippen LogP contribution in [0.1, 0.15) is 45.4 Å². The molecule has 3 aliphatic rings. The highest BCUT2D eigenvalue weighted by molar-refractivity contribution is 14.1. The molecule has 3 atom stereocenters. The number of fused-ring (bicyclic) bond motifs is 2. The molecule has 3 fully saturated rings. The van der Waals surface area contributed by atoms with E-state index >= 15 is 0 Å². The Bertz CT molecular complexity index is 426. The molecule has 3 aliphatic heterocycles. The molecule has 3 heterocycles. The first kappa shape index (κ1) is 16.8. The maximum atomic E-state index is 12.5. The van der Waals surface area contributed by atoms with Crippen LogP contribution in [0.15, 0.2) is 0 Å². The van der Waals surface area contributed by atoms with Crippen molar-refractivity contribution in [1.82, 2.24) is 4.90 Å². The molecular formula is C16H26INO4. The fourth-order valence-corrected chi connectivity index (χ4v) is 6.32. The van der Waals surface area contributed by atoms with Crippen LogP contribution in [-0.2, 0) is 14.2 Å². The first-order valence-electron chi connectivity index (χ1n) is 8.34. The molecule has 22 heavy (non-hydrogen) atoms. The van der Waals surface area contributed by atoms with Crippen molar-refractivity contribution in [1.29, 1.82) is 0 Å². The molecule has 0 N–H and O–H groups in total. The van der Waals surface area contributed by atoms with Crippen LogP contribution in [0.25, 0.3) is 0 Å². The van der Waals surface area contributed by atoms with Crippen molar-refractivity contribution in [2.24, 2.45) is 5.92 Å². The minimum atomic E-state index is -0.485.